The van der Waals surface area contributed by atoms with Crippen molar-refractivity contribution in [3.8, 4) is 0 Å². The van der Waals surface area contributed by atoms with Crippen molar-refractivity contribution in [2.24, 2.45) is 7.05 Å². The van der Waals surface area contributed by atoms with Crippen LogP contribution in [0.2, 0.25) is 0 Å². The molecule has 1 aliphatic heterocycles. The van der Waals surface area contributed by atoms with Gasteiger partial charge in [-0.05, 0) is 33.6 Å². The molecule has 0 saturated carbocycles. The van der Waals surface area contributed by atoms with E-state index in [9.17, 15) is 0 Å². The number of β-amino-alcohol motifs (C(OH)–C–C–N with tert-alkyl or cyclic N) is 1. The Balaban J connectivity index is 2.11. The van der Waals surface area contributed by atoms with Crippen LogP contribution in [0.1, 0.15) is 11.3 Å². The molecule has 3 rings (SSSR count). The Bertz CT molecular complexity index is 593. The van der Waals surface area contributed by atoms with E-state index in [1.165, 1.54) is 16.6 Å². The van der Waals surface area contributed by atoms with Crippen LogP contribution in [-0.2, 0) is 20.0 Å². The molecule has 0 amide bonds. The molecular formula is C13H16BrN3O. The molecule has 0 aliphatic carbocycles. The van der Waals surface area contributed by atoms with Crippen molar-refractivity contribution < 1.29 is 5.11 Å². The second-order valence-electron chi connectivity index (χ2n) is 4.74. The summed E-state index contributed by atoms with van der Waals surface area (Å²) < 4.78 is 3.08. The topological polar surface area (TPSA) is 41.3 Å². The predicted octanol–water partition coefficient (Wildman–Crippen LogP) is 1.69. The van der Waals surface area contributed by atoms with Gasteiger partial charge in [-0.2, -0.15) is 0 Å². The molecule has 18 heavy (non-hydrogen) atoms. The van der Waals surface area contributed by atoms with Crippen LogP contribution in [0.3, 0.4) is 0 Å². The Morgan fingerprint density at radius 1 is 1.44 bits per heavy atom. The maximum Gasteiger partial charge on any atom is 0.141 e. The van der Waals surface area contributed by atoms with Gasteiger partial charge < -0.3 is 9.67 Å². The Hall–Kier alpha value is -0.910. The molecular weight excluding hydrogens is 294 g/mol. The SMILES string of the molecule is Cn1c2c(c3ccc(Br)nc31)CN(CCO)CC2. The van der Waals surface area contributed by atoms with Crippen molar-refractivity contribution in [1.82, 2.24) is 14.5 Å². The van der Waals surface area contributed by atoms with Gasteiger partial charge in [-0.15, -0.1) is 0 Å². The molecule has 5 heteroatoms. The second-order valence-corrected chi connectivity index (χ2v) is 5.55. The number of nitrogens with zero attached hydrogens (tertiary/aromatic N) is 3. The minimum Gasteiger partial charge on any atom is -0.395 e. The molecule has 0 radical (unpaired) electrons. The first-order valence-corrected chi connectivity index (χ1v) is 6.96. The summed E-state index contributed by atoms with van der Waals surface area (Å²) >= 11 is 3.43. The Morgan fingerprint density at radius 3 is 3.06 bits per heavy atom. The highest BCUT2D eigenvalue weighted by atomic mass is 79.9. The summed E-state index contributed by atoms with van der Waals surface area (Å²) in [6, 6.07) is 4.13. The highest BCUT2D eigenvalue weighted by Crippen LogP contribution is 2.29. The van der Waals surface area contributed by atoms with Crippen LogP contribution in [0.4, 0.5) is 0 Å². The summed E-state index contributed by atoms with van der Waals surface area (Å²) in [5.74, 6) is 0. The average molecular weight is 310 g/mol. The first-order valence-electron chi connectivity index (χ1n) is 6.16. The lowest BCUT2D eigenvalue weighted by molar-refractivity contribution is 0.184. The number of aliphatic hydroxyl groups is 1. The van der Waals surface area contributed by atoms with E-state index < -0.39 is 0 Å². The lowest BCUT2D eigenvalue weighted by Gasteiger charge is -2.26. The summed E-state index contributed by atoms with van der Waals surface area (Å²) in [5.41, 5.74) is 3.79. The Kier molecular flexibility index (Phi) is 3.13. The Labute approximate surface area is 114 Å². The zero-order valence-corrected chi connectivity index (χ0v) is 11.9. The van der Waals surface area contributed by atoms with Crippen LogP contribution in [0.15, 0.2) is 16.7 Å². The minimum absolute atomic E-state index is 0.226. The molecule has 2 aromatic heterocycles. The third-order valence-electron chi connectivity index (χ3n) is 3.70. The fourth-order valence-corrected chi connectivity index (χ4v) is 3.10. The van der Waals surface area contributed by atoms with Gasteiger partial charge >= 0.3 is 0 Å². The largest absolute Gasteiger partial charge is 0.395 e. The molecule has 0 bridgehead atoms. The molecule has 96 valence electrons. The quantitative estimate of drug-likeness (QED) is 0.858. The van der Waals surface area contributed by atoms with Crippen LogP contribution in [-0.4, -0.2) is 39.3 Å². The molecule has 0 atom stereocenters. The number of halogens is 1. The van der Waals surface area contributed by atoms with Gasteiger partial charge in [0.05, 0.1) is 6.61 Å². The van der Waals surface area contributed by atoms with E-state index in [0.717, 1.165) is 36.3 Å². The van der Waals surface area contributed by atoms with Gasteiger partial charge in [-0.25, -0.2) is 4.98 Å². The predicted molar refractivity (Wildman–Crippen MR) is 74.5 cm³/mol. The number of hydrogen-bond acceptors (Lipinski definition) is 3. The number of aliphatic hydroxyl groups excluding tert-OH is 1. The number of hydrogen-bond donors (Lipinski definition) is 1. The molecule has 0 fully saturated rings. The van der Waals surface area contributed by atoms with Crippen molar-refractivity contribution in [1.29, 1.82) is 0 Å². The van der Waals surface area contributed by atoms with E-state index in [-0.39, 0.29) is 6.61 Å². The van der Waals surface area contributed by atoms with Gasteiger partial charge in [0.15, 0.2) is 0 Å². The zero-order chi connectivity index (χ0) is 12.7. The first kappa shape index (κ1) is 12.1. The maximum atomic E-state index is 9.06. The van der Waals surface area contributed by atoms with Crippen molar-refractivity contribution in [3.05, 3.63) is 28.0 Å². The van der Waals surface area contributed by atoms with Crippen LogP contribution >= 0.6 is 15.9 Å². The molecule has 1 aliphatic rings. The molecule has 2 aromatic rings. The van der Waals surface area contributed by atoms with Gasteiger partial charge in [0, 0.05) is 44.2 Å². The zero-order valence-electron chi connectivity index (χ0n) is 10.4. The summed E-state index contributed by atoms with van der Waals surface area (Å²) in [5, 5.41) is 10.3. The molecule has 4 nitrogen and oxygen atoms in total. The van der Waals surface area contributed by atoms with Gasteiger partial charge in [0.1, 0.15) is 10.3 Å². The number of aromatic nitrogens is 2. The third-order valence-corrected chi connectivity index (χ3v) is 4.14. The van der Waals surface area contributed by atoms with Gasteiger partial charge in [-0.1, -0.05) is 0 Å². The monoisotopic (exact) mass is 309 g/mol. The Morgan fingerprint density at radius 2 is 2.28 bits per heavy atom. The lowest BCUT2D eigenvalue weighted by Crippen LogP contribution is -2.33. The average Bonchev–Trinajstić information content (AvgIpc) is 2.63. The summed E-state index contributed by atoms with van der Waals surface area (Å²) in [6.45, 7) is 2.90. The van der Waals surface area contributed by atoms with E-state index in [1.54, 1.807) is 0 Å². The fraction of sp³-hybridized carbons (Fsp3) is 0.462. The molecule has 1 N–H and O–H groups in total. The van der Waals surface area contributed by atoms with Crippen molar-refractivity contribution >= 4 is 27.0 Å². The van der Waals surface area contributed by atoms with Crippen LogP contribution in [0, 0.1) is 0 Å². The van der Waals surface area contributed by atoms with Crippen LogP contribution in [0.25, 0.3) is 11.0 Å². The number of pyridine rings is 1. The summed E-state index contributed by atoms with van der Waals surface area (Å²) in [6.07, 6.45) is 1.03. The number of rotatable bonds is 2. The van der Waals surface area contributed by atoms with Gasteiger partial charge in [0.25, 0.3) is 0 Å². The molecule has 0 unspecified atom stereocenters. The highest BCUT2D eigenvalue weighted by Gasteiger charge is 2.22. The van der Waals surface area contributed by atoms with E-state index in [2.05, 4.69) is 43.5 Å². The summed E-state index contributed by atoms with van der Waals surface area (Å²) in [4.78, 5) is 6.86. The molecule has 0 spiro atoms. The van der Waals surface area contributed by atoms with Crippen molar-refractivity contribution in [2.45, 2.75) is 13.0 Å². The number of aryl methyl sites for hydroxylation is 1. The van der Waals surface area contributed by atoms with E-state index in [0.29, 0.717) is 0 Å². The van der Waals surface area contributed by atoms with E-state index in [4.69, 9.17) is 5.11 Å². The normalized spacial score (nSPS) is 16.2. The van der Waals surface area contributed by atoms with Crippen molar-refractivity contribution in [3.63, 3.8) is 0 Å². The highest BCUT2D eigenvalue weighted by molar-refractivity contribution is 9.10. The first-order chi connectivity index (χ1) is 8.70. The molecule has 3 heterocycles. The smallest absolute Gasteiger partial charge is 0.141 e. The second kappa shape index (κ2) is 4.64. The maximum absolute atomic E-state index is 9.06. The van der Waals surface area contributed by atoms with E-state index >= 15 is 0 Å². The van der Waals surface area contributed by atoms with Crippen LogP contribution in [0.5, 0.6) is 0 Å². The van der Waals surface area contributed by atoms with Crippen LogP contribution < -0.4 is 0 Å². The van der Waals surface area contributed by atoms with Gasteiger partial charge in [-0.3, -0.25) is 4.90 Å². The summed E-state index contributed by atoms with van der Waals surface area (Å²) in [7, 11) is 2.09. The molecule has 0 saturated heterocycles. The van der Waals surface area contributed by atoms with Crippen molar-refractivity contribution in [2.75, 3.05) is 19.7 Å². The third kappa shape index (κ3) is 1.86. The standard InChI is InChI=1S/C13H16BrN3O/c1-16-11-4-5-17(6-7-18)8-10(11)9-2-3-12(14)15-13(9)16/h2-3,18H,4-8H2,1H3. The fourth-order valence-electron chi connectivity index (χ4n) is 2.80. The van der Waals surface area contributed by atoms with E-state index in [1.807, 2.05) is 6.07 Å². The minimum atomic E-state index is 0.226. The van der Waals surface area contributed by atoms with Gasteiger partial charge in [0.2, 0.25) is 0 Å². The number of fused-ring (bicyclic) bond motifs is 3. The molecule has 0 aromatic carbocycles. The lowest BCUT2D eigenvalue weighted by atomic mass is 10.1.